The molecule has 0 radical (unpaired) electrons. The molecule has 0 bridgehead atoms. The second kappa shape index (κ2) is 11.7. The topological polar surface area (TPSA) is 33.3 Å². The molecule has 0 atom stereocenters. The average Bonchev–Trinajstić information content (AvgIpc) is 2.61. The Morgan fingerprint density at radius 3 is 1.79 bits per heavy atom. The maximum absolute atomic E-state index is 11.8. The van der Waals surface area contributed by atoms with Crippen molar-refractivity contribution in [2.75, 3.05) is 0 Å². The summed E-state index contributed by atoms with van der Waals surface area (Å²) in [6.45, 7) is 12.4. The van der Waals surface area contributed by atoms with Crippen LogP contribution >= 0.6 is 20.2 Å². The molecule has 0 aliphatic carbocycles. The van der Waals surface area contributed by atoms with Crippen LogP contribution < -0.4 is 4.57 Å². The number of carbonyl (C=O) groups is 1. The molecular weight excluding hydrogens is 435 g/mol. The molecule has 1 heterocycles. The molecule has 154 valence electrons. The molecule has 1 aromatic heterocycles. The van der Waals surface area contributed by atoms with Gasteiger partial charge in [0.2, 0.25) is 17.2 Å². The van der Waals surface area contributed by atoms with Gasteiger partial charge in [0.15, 0.2) is 0 Å². The Morgan fingerprint density at radius 2 is 1.36 bits per heavy atom. The van der Waals surface area contributed by atoms with Crippen LogP contribution in [0.15, 0.2) is 41.4 Å². The third kappa shape index (κ3) is 6.42. The van der Waals surface area contributed by atoms with Gasteiger partial charge in [-0.25, -0.2) is 4.99 Å². The molecule has 0 amide bonds. The summed E-state index contributed by atoms with van der Waals surface area (Å²) in [5.74, 6) is 0.868. The molecule has 0 spiro atoms. The first-order valence-corrected chi connectivity index (χ1v) is 12.2. The third-order valence-electron chi connectivity index (χ3n) is 4.58. The number of carbonyl (C=O) groups excluding carboxylic acids is 1. The number of halogens is 2. The van der Waals surface area contributed by atoms with E-state index in [-0.39, 0.29) is 18.9 Å². The maximum atomic E-state index is 11.8. The molecule has 0 N–H and O–H groups in total. The molecule has 28 heavy (non-hydrogen) atoms. The van der Waals surface area contributed by atoms with Crippen LogP contribution in [0.2, 0.25) is 0 Å². The van der Waals surface area contributed by atoms with E-state index in [0.29, 0.717) is 17.5 Å². The number of nitrogens with zero attached hydrogens (tertiary/aromatic N) is 2. The first-order chi connectivity index (χ1) is 13.1. The summed E-state index contributed by atoms with van der Waals surface area (Å²) >= 11 is 0.194. The molecule has 0 aliphatic heterocycles. The van der Waals surface area contributed by atoms with E-state index in [1.54, 1.807) is 6.92 Å². The van der Waals surface area contributed by atoms with Gasteiger partial charge in [0, 0.05) is 19.1 Å². The Bertz CT molecular complexity index is 822. The van der Waals surface area contributed by atoms with Crippen LogP contribution in [-0.2, 0) is 20.2 Å². The predicted octanol–water partition coefficient (Wildman–Crippen LogP) is 6.48. The van der Waals surface area contributed by atoms with Crippen molar-refractivity contribution in [1.82, 2.24) is 0 Å². The van der Waals surface area contributed by atoms with E-state index < -0.39 is 0 Å². The van der Waals surface area contributed by atoms with Crippen molar-refractivity contribution in [3.8, 4) is 0 Å². The Morgan fingerprint density at radius 1 is 0.929 bits per heavy atom. The Kier molecular flexibility index (Phi) is 10.4. The Balaban J connectivity index is 0.00000122. The quantitative estimate of drug-likeness (QED) is 0.216. The number of para-hydroxylation sites is 1. The molecule has 1 aromatic carbocycles. The van der Waals surface area contributed by atoms with E-state index >= 15 is 0 Å². The van der Waals surface area contributed by atoms with Gasteiger partial charge in [0.05, 0.1) is 5.69 Å². The predicted molar refractivity (Wildman–Crippen MR) is 116 cm³/mol. The van der Waals surface area contributed by atoms with Crippen molar-refractivity contribution in [2.45, 2.75) is 53.4 Å². The number of hydrogen-bond acceptors (Lipinski definition) is 2. The van der Waals surface area contributed by atoms with Gasteiger partial charge >= 0.3 is 33.3 Å². The van der Waals surface area contributed by atoms with Gasteiger partial charge in [-0.3, -0.25) is 4.79 Å². The first-order valence-electron chi connectivity index (χ1n) is 9.19. The number of hydrogen-bond donors (Lipinski definition) is 0. The van der Waals surface area contributed by atoms with E-state index in [9.17, 15) is 4.79 Å². The standard InChI is InChI=1S/C22H29N2O.2ClH.Fe/c1-14(2)18-10-8-11-19(15(3)4)22(18)23-16(5)20-12-9-13-21(17(6)25)24(20)7;;;/h8-15H,1-7H3;2*1H;/q+1;;;+2/p-2. The zero-order valence-corrected chi connectivity index (χ0v) is 20.1. The van der Waals surface area contributed by atoms with Crippen LogP contribution in [0.25, 0.3) is 0 Å². The van der Waals surface area contributed by atoms with Crippen LogP contribution in [0, 0.1) is 0 Å². The summed E-state index contributed by atoms with van der Waals surface area (Å²) < 4.78 is 1.92. The monoisotopic (exact) mass is 463 g/mol. The first kappa shape index (κ1) is 24.8. The fourth-order valence-corrected chi connectivity index (χ4v) is 3.17. The van der Waals surface area contributed by atoms with Gasteiger partial charge in [0.1, 0.15) is 12.8 Å². The SMILES string of the molecule is CC(=O)c1cccc(C(C)=Nc2c(C(C)C)cccc2C(C)C)[n+]1C.[Cl][Fe][Cl]. The fourth-order valence-electron chi connectivity index (χ4n) is 3.17. The Hall–Kier alpha value is -1.19. The molecule has 0 saturated carbocycles. The molecule has 6 heteroatoms. The number of aliphatic imine (C=N–C) groups is 1. The molecule has 0 unspecified atom stereocenters. The zero-order valence-electron chi connectivity index (χ0n) is 17.5. The Labute approximate surface area is 183 Å². The van der Waals surface area contributed by atoms with E-state index in [2.05, 4.69) is 45.9 Å². The van der Waals surface area contributed by atoms with Crippen molar-refractivity contribution in [2.24, 2.45) is 12.0 Å². The van der Waals surface area contributed by atoms with Crippen molar-refractivity contribution in [3.63, 3.8) is 0 Å². The van der Waals surface area contributed by atoms with Gasteiger partial charge in [-0.05, 0) is 36.0 Å². The van der Waals surface area contributed by atoms with Crippen molar-refractivity contribution in [1.29, 1.82) is 0 Å². The van der Waals surface area contributed by atoms with Gasteiger partial charge in [-0.15, -0.1) is 0 Å². The molecule has 3 nitrogen and oxygen atoms in total. The van der Waals surface area contributed by atoms with Crippen molar-refractivity contribution >= 4 is 37.4 Å². The third-order valence-corrected chi connectivity index (χ3v) is 4.58. The van der Waals surface area contributed by atoms with E-state index in [1.165, 1.54) is 11.1 Å². The number of ketones is 1. The molecule has 0 fully saturated rings. The minimum absolute atomic E-state index is 0.0580. The summed E-state index contributed by atoms with van der Waals surface area (Å²) in [7, 11) is 11.4. The number of rotatable bonds is 5. The zero-order chi connectivity index (χ0) is 21.4. The second-order valence-electron chi connectivity index (χ2n) is 7.25. The summed E-state index contributed by atoms with van der Waals surface area (Å²) in [6, 6.07) is 12.2. The number of aromatic nitrogens is 1. The number of Topliss-reactive ketones (excluding diaryl/α,β-unsaturated/α-hetero) is 1. The van der Waals surface area contributed by atoms with Gasteiger partial charge in [-0.1, -0.05) is 45.9 Å². The fraction of sp³-hybridized carbons (Fsp3) is 0.409. The van der Waals surface area contributed by atoms with Crippen LogP contribution in [-0.4, -0.2) is 11.5 Å². The number of pyridine rings is 1. The van der Waals surface area contributed by atoms with Crippen LogP contribution in [0.3, 0.4) is 0 Å². The molecule has 0 aliphatic rings. The number of benzene rings is 1. The normalized spacial score (nSPS) is 11.6. The van der Waals surface area contributed by atoms with E-state index in [4.69, 9.17) is 25.2 Å². The van der Waals surface area contributed by atoms with Gasteiger partial charge < -0.3 is 0 Å². The molecule has 2 rings (SSSR count). The van der Waals surface area contributed by atoms with Crippen LogP contribution in [0.1, 0.15) is 80.7 Å². The van der Waals surface area contributed by atoms with E-state index in [1.807, 2.05) is 36.7 Å². The van der Waals surface area contributed by atoms with E-state index in [0.717, 1.165) is 17.1 Å². The minimum atomic E-state index is 0.0580. The summed E-state index contributed by atoms with van der Waals surface area (Å²) in [6.07, 6.45) is 0. The molecule has 2 aromatic rings. The van der Waals surface area contributed by atoms with Crippen LogP contribution in [0.4, 0.5) is 5.69 Å². The molecule has 0 saturated heterocycles. The van der Waals surface area contributed by atoms with Crippen molar-refractivity contribution < 1.29 is 22.5 Å². The van der Waals surface area contributed by atoms with Crippen molar-refractivity contribution in [3.05, 3.63) is 58.9 Å². The van der Waals surface area contributed by atoms with Crippen LogP contribution in [0.5, 0.6) is 0 Å². The molecular formula is C22H29Cl2FeN2O+. The second-order valence-corrected chi connectivity index (χ2v) is 9.08. The van der Waals surface area contributed by atoms with Gasteiger partial charge in [-0.2, -0.15) is 4.57 Å². The summed E-state index contributed by atoms with van der Waals surface area (Å²) in [5.41, 5.74) is 6.15. The summed E-state index contributed by atoms with van der Waals surface area (Å²) in [4.78, 5) is 16.8. The van der Waals surface area contributed by atoms with Gasteiger partial charge in [0.25, 0.3) is 0 Å². The average molecular weight is 464 g/mol. The summed E-state index contributed by atoms with van der Waals surface area (Å²) in [5, 5.41) is 0.